The van der Waals surface area contributed by atoms with Crippen LogP contribution < -0.4 is 5.73 Å². The van der Waals surface area contributed by atoms with E-state index in [-0.39, 0.29) is 0 Å². The van der Waals surface area contributed by atoms with Crippen molar-refractivity contribution in [3.8, 4) is 0 Å². The van der Waals surface area contributed by atoms with Gasteiger partial charge < -0.3 is 10.3 Å². The van der Waals surface area contributed by atoms with Crippen LogP contribution in [-0.2, 0) is 6.54 Å². The number of aromatic nitrogens is 3. The Morgan fingerprint density at radius 3 is 2.84 bits per heavy atom. The zero-order chi connectivity index (χ0) is 13.2. The number of aryl methyl sites for hydroxylation is 1. The van der Waals surface area contributed by atoms with Gasteiger partial charge in [-0.15, -0.1) is 0 Å². The highest BCUT2D eigenvalue weighted by molar-refractivity contribution is 5.74. The van der Waals surface area contributed by atoms with Crippen LogP contribution in [0.4, 0.5) is 0 Å². The Bertz CT molecular complexity index is 552. The lowest BCUT2D eigenvalue weighted by Crippen LogP contribution is -2.26. The summed E-state index contributed by atoms with van der Waals surface area (Å²) in [5.41, 5.74) is 8.26. The SMILES string of the molecule is CCCn1c(C2CCC(N)CC2)nc2cnccc21. The van der Waals surface area contributed by atoms with Crippen LogP contribution in [0.5, 0.6) is 0 Å². The van der Waals surface area contributed by atoms with Crippen LogP contribution in [0, 0.1) is 0 Å². The van der Waals surface area contributed by atoms with Crippen molar-refractivity contribution >= 4 is 11.0 Å². The first-order chi connectivity index (χ1) is 9.29. The molecule has 102 valence electrons. The highest BCUT2D eigenvalue weighted by Gasteiger charge is 2.24. The van der Waals surface area contributed by atoms with Gasteiger partial charge in [-0.25, -0.2) is 4.98 Å². The first kappa shape index (κ1) is 12.6. The molecule has 1 aliphatic rings. The molecule has 19 heavy (non-hydrogen) atoms. The Kier molecular flexibility index (Phi) is 3.51. The second-order valence-corrected chi connectivity index (χ2v) is 5.60. The molecule has 0 atom stereocenters. The van der Waals surface area contributed by atoms with Crippen LogP contribution in [0.15, 0.2) is 18.5 Å². The topological polar surface area (TPSA) is 56.7 Å². The van der Waals surface area contributed by atoms with Crippen molar-refractivity contribution in [1.29, 1.82) is 0 Å². The number of nitrogens with two attached hydrogens (primary N) is 1. The van der Waals surface area contributed by atoms with Crippen LogP contribution in [0.3, 0.4) is 0 Å². The highest BCUT2D eigenvalue weighted by atomic mass is 15.1. The van der Waals surface area contributed by atoms with Crippen LogP contribution in [0.25, 0.3) is 11.0 Å². The molecule has 0 unspecified atom stereocenters. The average Bonchev–Trinajstić information content (AvgIpc) is 2.79. The van der Waals surface area contributed by atoms with Gasteiger partial charge in [0.1, 0.15) is 11.3 Å². The Morgan fingerprint density at radius 1 is 1.32 bits per heavy atom. The Labute approximate surface area is 114 Å². The molecule has 2 N–H and O–H groups in total. The van der Waals surface area contributed by atoms with Crippen molar-refractivity contribution in [2.45, 2.75) is 57.5 Å². The van der Waals surface area contributed by atoms with E-state index in [4.69, 9.17) is 10.7 Å². The summed E-state index contributed by atoms with van der Waals surface area (Å²) in [5, 5.41) is 0. The lowest BCUT2D eigenvalue weighted by molar-refractivity contribution is 0.376. The summed E-state index contributed by atoms with van der Waals surface area (Å²) in [5.74, 6) is 1.82. The van der Waals surface area contributed by atoms with Crippen molar-refractivity contribution in [2.75, 3.05) is 0 Å². The van der Waals surface area contributed by atoms with Crippen LogP contribution in [0.1, 0.15) is 50.8 Å². The second-order valence-electron chi connectivity index (χ2n) is 5.60. The average molecular weight is 258 g/mol. The largest absolute Gasteiger partial charge is 0.328 e. The minimum atomic E-state index is 0.391. The van der Waals surface area contributed by atoms with E-state index in [1.807, 2.05) is 12.4 Å². The molecule has 0 amide bonds. The fourth-order valence-corrected chi connectivity index (χ4v) is 3.15. The van der Waals surface area contributed by atoms with Gasteiger partial charge >= 0.3 is 0 Å². The second kappa shape index (κ2) is 5.29. The molecule has 0 bridgehead atoms. The number of pyridine rings is 1. The molecule has 0 saturated heterocycles. The predicted octanol–water partition coefficient (Wildman–Crippen LogP) is 2.83. The van der Waals surface area contributed by atoms with Gasteiger partial charge in [-0.2, -0.15) is 0 Å². The van der Waals surface area contributed by atoms with Gasteiger partial charge in [-0.3, -0.25) is 4.98 Å². The number of imidazole rings is 1. The summed E-state index contributed by atoms with van der Waals surface area (Å²) < 4.78 is 2.39. The molecule has 1 aliphatic carbocycles. The zero-order valence-corrected chi connectivity index (χ0v) is 11.5. The third kappa shape index (κ3) is 2.37. The molecule has 2 aromatic heterocycles. The van der Waals surface area contributed by atoms with Crippen molar-refractivity contribution in [3.63, 3.8) is 0 Å². The van der Waals surface area contributed by atoms with Gasteiger partial charge in [0.2, 0.25) is 0 Å². The molecule has 0 radical (unpaired) electrons. The molecule has 1 fully saturated rings. The molecule has 2 heterocycles. The monoisotopic (exact) mass is 258 g/mol. The molecule has 0 aliphatic heterocycles. The number of nitrogens with zero attached hydrogens (tertiary/aromatic N) is 3. The maximum atomic E-state index is 6.01. The van der Waals surface area contributed by atoms with E-state index in [9.17, 15) is 0 Å². The third-order valence-electron chi connectivity index (χ3n) is 4.16. The van der Waals surface area contributed by atoms with E-state index in [1.54, 1.807) is 0 Å². The number of rotatable bonds is 3. The number of hydrogen-bond acceptors (Lipinski definition) is 3. The van der Waals surface area contributed by atoms with Crippen molar-refractivity contribution in [3.05, 3.63) is 24.3 Å². The number of fused-ring (bicyclic) bond motifs is 1. The van der Waals surface area contributed by atoms with Crippen LogP contribution in [0.2, 0.25) is 0 Å². The molecule has 0 spiro atoms. The van der Waals surface area contributed by atoms with Gasteiger partial charge in [0.05, 0.1) is 11.7 Å². The van der Waals surface area contributed by atoms with Gasteiger partial charge in [-0.05, 0) is 38.2 Å². The quantitative estimate of drug-likeness (QED) is 0.921. The molecule has 1 saturated carbocycles. The fraction of sp³-hybridized carbons (Fsp3) is 0.600. The minimum Gasteiger partial charge on any atom is -0.328 e. The fourth-order valence-electron chi connectivity index (χ4n) is 3.15. The molecule has 4 heteroatoms. The standard InChI is InChI=1S/C15H22N4/c1-2-9-19-14-7-8-17-10-13(14)18-15(19)11-3-5-12(16)6-4-11/h7-8,10-12H,2-6,9,16H2,1H3. The lowest BCUT2D eigenvalue weighted by Gasteiger charge is -2.26. The van der Waals surface area contributed by atoms with Crippen molar-refractivity contribution in [1.82, 2.24) is 14.5 Å². The molecular formula is C15H22N4. The van der Waals surface area contributed by atoms with Crippen molar-refractivity contribution in [2.24, 2.45) is 5.73 Å². The smallest absolute Gasteiger partial charge is 0.113 e. The minimum absolute atomic E-state index is 0.391. The maximum absolute atomic E-state index is 6.01. The summed E-state index contributed by atoms with van der Waals surface area (Å²) in [7, 11) is 0. The Morgan fingerprint density at radius 2 is 2.11 bits per heavy atom. The number of hydrogen-bond donors (Lipinski definition) is 1. The predicted molar refractivity (Wildman–Crippen MR) is 77.0 cm³/mol. The maximum Gasteiger partial charge on any atom is 0.113 e. The normalized spacial score (nSPS) is 23.9. The van der Waals surface area contributed by atoms with Crippen LogP contribution in [-0.4, -0.2) is 20.6 Å². The van der Waals surface area contributed by atoms with Crippen molar-refractivity contribution < 1.29 is 0 Å². The summed E-state index contributed by atoms with van der Waals surface area (Å²) in [6.07, 6.45) is 9.45. The highest BCUT2D eigenvalue weighted by Crippen LogP contribution is 2.33. The summed E-state index contributed by atoms with van der Waals surface area (Å²) in [4.78, 5) is 9.03. The van der Waals surface area contributed by atoms with Crippen LogP contribution >= 0.6 is 0 Å². The van der Waals surface area contributed by atoms with E-state index in [0.717, 1.165) is 31.3 Å². The molecule has 2 aromatic rings. The summed E-state index contributed by atoms with van der Waals surface area (Å²) >= 11 is 0. The van der Waals surface area contributed by atoms with E-state index >= 15 is 0 Å². The van der Waals surface area contributed by atoms with Gasteiger partial charge in [0.25, 0.3) is 0 Å². The van der Waals surface area contributed by atoms with Gasteiger partial charge in [-0.1, -0.05) is 6.92 Å². The molecule has 0 aromatic carbocycles. The van der Waals surface area contributed by atoms with E-state index < -0.39 is 0 Å². The third-order valence-corrected chi connectivity index (χ3v) is 4.16. The zero-order valence-electron chi connectivity index (χ0n) is 11.5. The Balaban J connectivity index is 1.99. The lowest BCUT2D eigenvalue weighted by atomic mass is 9.86. The van der Waals surface area contributed by atoms with Gasteiger partial charge in [0, 0.05) is 24.7 Å². The van der Waals surface area contributed by atoms with E-state index in [2.05, 4.69) is 22.5 Å². The van der Waals surface area contributed by atoms with E-state index in [1.165, 1.54) is 24.2 Å². The molecular weight excluding hydrogens is 236 g/mol. The Hall–Kier alpha value is -1.42. The van der Waals surface area contributed by atoms with Gasteiger partial charge in [0.15, 0.2) is 0 Å². The first-order valence-electron chi connectivity index (χ1n) is 7.35. The summed E-state index contributed by atoms with van der Waals surface area (Å²) in [6, 6.07) is 2.47. The molecule has 3 rings (SSSR count). The van der Waals surface area contributed by atoms with E-state index in [0.29, 0.717) is 12.0 Å². The summed E-state index contributed by atoms with van der Waals surface area (Å²) in [6.45, 7) is 3.26. The first-order valence-corrected chi connectivity index (χ1v) is 7.35. The molecule has 4 nitrogen and oxygen atoms in total.